The van der Waals surface area contributed by atoms with E-state index >= 15 is 0 Å². The summed E-state index contributed by atoms with van der Waals surface area (Å²) in [7, 11) is 0. The van der Waals surface area contributed by atoms with Gasteiger partial charge in [0.05, 0.1) is 23.2 Å². The van der Waals surface area contributed by atoms with Crippen LogP contribution in [-0.2, 0) is 17.9 Å². The number of nitrogens with one attached hydrogen (secondary N) is 1. The molecule has 1 N–H and O–H groups in total. The first-order chi connectivity index (χ1) is 16.8. The first-order valence-electron chi connectivity index (χ1n) is 11.1. The Labute approximate surface area is 214 Å². The minimum atomic E-state index is -0.451. The van der Waals surface area contributed by atoms with Gasteiger partial charge in [0, 0.05) is 0 Å². The van der Waals surface area contributed by atoms with E-state index in [1.165, 1.54) is 4.90 Å². The molecule has 3 amide bonds. The van der Waals surface area contributed by atoms with E-state index < -0.39 is 6.03 Å². The Kier molecular flexibility index (Phi) is 7.63. The average Bonchev–Trinajstić information content (AvgIpc) is 3.09. The summed E-state index contributed by atoms with van der Waals surface area (Å²) in [5, 5.41) is 3.60. The highest BCUT2D eigenvalue weighted by Crippen LogP contribution is 2.31. The molecule has 6 nitrogen and oxygen atoms in total. The Hall–Kier alpha value is -3.48. The number of imide groups is 1. The molecular weight excluding hydrogens is 487 g/mol. The largest absolute Gasteiger partial charge is 0.490 e. The summed E-state index contributed by atoms with van der Waals surface area (Å²) in [5.41, 5.74) is 3.75. The van der Waals surface area contributed by atoms with Crippen molar-refractivity contribution in [3.8, 4) is 11.5 Å². The van der Waals surface area contributed by atoms with Gasteiger partial charge in [-0.3, -0.25) is 9.69 Å². The number of hydrogen-bond donors (Lipinski definition) is 1. The van der Waals surface area contributed by atoms with Crippen molar-refractivity contribution in [1.82, 2.24) is 10.2 Å². The Morgan fingerprint density at radius 3 is 2.34 bits per heavy atom. The van der Waals surface area contributed by atoms with E-state index in [1.54, 1.807) is 36.4 Å². The summed E-state index contributed by atoms with van der Waals surface area (Å²) in [6.07, 6.45) is 1.63. The fourth-order valence-corrected chi connectivity index (χ4v) is 3.87. The summed E-state index contributed by atoms with van der Waals surface area (Å²) in [4.78, 5) is 26.5. The van der Waals surface area contributed by atoms with Gasteiger partial charge in [-0.05, 0) is 60.9 Å². The number of nitrogens with zero attached hydrogens (tertiary/aromatic N) is 1. The van der Waals surface area contributed by atoms with E-state index in [4.69, 9.17) is 32.7 Å². The summed E-state index contributed by atoms with van der Waals surface area (Å²) in [5.74, 6) is 0.687. The van der Waals surface area contributed by atoms with Crippen molar-refractivity contribution in [3.05, 3.63) is 98.7 Å². The number of halogens is 2. The van der Waals surface area contributed by atoms with Crippen LogP contribution in [0.15, 0.2) is 66.4 Å². The summed E-state index contributed by atoms with van der Waals surface area (Å²) in [6, 6.07) is 17.9. The van der Waals surface area contributed by atoms with Gasteiger partial charge in [-0.25, -0.2) is 4.79 Å². The molecule has 0 bridgehead atoms. The maximum atomic E-state index is 12.9. The van der Waals surface area contributed by atoms with Crippen molar-refractivity contribution in [2.24, 2.45) is 0 Å². The summed E-state index contributed by atoms with van der Waals surface area (Å²) >= 11 is 12.1. The van der Waals surface area contributed by atoms with Gasteiger partial charge in [0.25, 0.3) is 5.91 Å². The number of carbonyl (C=O) groups is 2. The van der Waals surface area contributed by atoms with E-state index in [2.05, 4.69) is 5.32 Å². The van der Waals surface area contributed by atoms with Gasteiger partial charge in [-0.1, -0.05) is 65.2 Å². The number of urea groups is 1. The molecule has 0 aliphatic carbocycles. The fourth-order valence-electron chi connectivity index (χ4n) is 3.55. The van der Waals surface area contributed by atoms with Crippen molar-refractivity contribution in [1.29, 1.82) is 0 Å². The normalized spacial score (nSPS) is 14.4. The van der Waals surface area contributed by atoms with Crippen LogP contribution in [0.1, 0.15) is 29.2 Å². The second-order valence-electron chi connectivity index (χ2n) is 8.04. The molecule has 1 aliphatic rings. The highest BCUT2D eigenvalue weighted by atomic mass is 35.5. The number of hydrogen-bond acceptors (Lipinski definition) is 4. The van der Waals surface area contributed by atoms with E-state index in [-0.39, 0.29) is 24.8 Å². The molecule has 1 heterocycles. The molecule has 0 spiro atoms. The van der Waals surface area contributed by atoms with E-state index in [1.807, 2.05) is 44.2 Å². The van der Waals surface area contributed by atoms with Crippen LogP contribution >= 0.6 is 23.2 Å². The van der Waals surface area contributed by atoms with E-state index in [0.29, 0.717) is 33.7 Å². The Morgan fingerprint density at radius 2 is 1.63 bits per heavy atom. The van der Waals surface area contributed by atoms with Crippen molar-refractivity contribution < 1.29 is 19.1 Å². The fraction of sp³-hybridized carbons (Fsp3) is 0.185. The predicted octanol–water partition coefficient (Wildman–Crippen LogP) is 6.37. The minimum Gasteiger partial charge on any atom is -0.490 e. The highest BCUT2D eigenvalue weighted by Gasteiger charge is 2.33. The molecule has 1 aliphatic heterocycles. The molecule has 8 heteroatoms. The number of carbonyl (C=O) groups excluding carboxylic acids is 2. The zero-order chi connectivity index (χ0) is 24.9. The SMILES string of the molecule is CCOc1cc(/C=C2/NC(=O)N(Cc3ccc(C)cc3)C2=O)ccc1OCc1ccc(Cl)c(Cl)c1. The molecule has 0 aromatic heterocycles. The molecule has 35 heavy (non-hydrogen) atoms. The van der Waals surface area contributed by atoms with Gasteiger partial charge in [0.2, 0.25) is 0 Å². The maximum absolute atomic E-state index is 12.9. The third-order valence-corrected chi connectivity index (χ3v) is 6.12. The maximum Gasteiger partial charge on any atom is 0.329 e. The van der Waals surface area contributed by atoms with Crippen LogP contribution in [-0.4, -0.2) is 23.4 Å². The second-order valence-corrected chi connectivity index (χ2v) is 8.86. The van der Waals surface area contributed by atoms with Crippen LogP contribution in [0, 0.1) is 6.92 Å². The number of ether oxygens (including phenoxy) is 2. The van der Waals surface area contributed by atoms with Crippen LogP contribution < -0.4 is 14.8 Å². The van der Waals surface area contributed by atoms with E-state index in [0.717, 1.165) is 16.7 Å². The smallest absolute Gasteiger partial charge is 0.329 e. The highest BCUT2D eigenvalue weighted by molar-refractivity contribution is 6.42. The van der Waals surface area contributed by atoms with E-state index in [9.17, 15) is 9.59 Å². The molecule has 3 aromatic rings. The van der Waals surface area contributed by atoms with Gasteiger partial charge in [0.1, 0.15) is 12.3 Å². The second kappa shape index (κ2) is 10.8. The van der Waals surface area contributed by atoms with Crippen molar-refractivity contribution in [3.63, 3.8) is 0 Å². The van der Waals surface area contributed by atoms with Gasteiger partial charge in [-0.2, -0.15) is 0 Å². The predicted molar refractivity (Wildman–Crippen MR) is 137 cm³/mol. The first kappa shape index (κ1) is 24.6. The average molecular weight is 511 g/mol. The van der Waals surface area contributed by atoms with Crippen molar-refractivity contribution >= 4 is 41.2 Å². The number of benzene rings is 3. The zero-order valence-electron chi connectivity index (χ0n) is 19.3. The molecule has 4 rings (SSSR count). The van der Waals surface area contributed by atoms with Crippen LogP contribution in [0.3, 0.4) is 0 Å². The Balaban J connectivity index is 1.50. The Morgan fingerprint density at radius 1 is 0.886 bits per heavy atom. The monoisotopic (exact) mass is 510 g/mol. The lowest BCUT2D eigenvalue weighted by atomic mass is 10.1. The molecule has 3 aromatic carbocycles. The lowest BCUT2D eigenvalue weighted by molar-refractivity contribution is -0.123. The Bertz CT molecular complexity index is 1290. The topological polar surface area (TPSA) is 67.9 Å². The molecule has 1 saturated heterocycles. The van der Waals surface area contributed by atoms with Crippen LogP contribution in [0.4, 0.5) is 4.79 Å². The van der Waals surface area contributed by atoms with Gasteiger partial charge >= 0.3 is 6.03 Å². The lowest BCUT2D eigenvalue weighted by Crippen LogP contribution is -2.30. The standard InChI is InChI=1S/C27H24Cl2N2O4/c1-3-34-25-14-19(9-11-24(25)35-16-20-8-10-21(28)22(29)12-20)13-23-26(32)31(27(33)30-23)15-18-6-4-17(2)5-7-18/h4-14H,3,15-16H2,1-2H3,(H,30,33)/b23-13+. The molecule has 0 atom stereocenters. The quantitative estimate of drug-likeness (QED) is 0.282. The van der Waals surface area contributed by atoms with Crippen molar-refractivity contribution in [2.75, 3.05) is 6.61 Å². The first-order valence-corrected chi connectivity index (χ1v) is 11.8. The summed E-state index contributed by atoms with van der Waals surface area (Å²) < 4.78 is 11.7. The lowest BCUT2D eigenvalue weighted by Gasteiger charge is -2.13. The van der Waals surface area contributed by atoms with Gasteiger partial charge in [0.15, 0.2) is 11.5 Å². The molecule has 1 fully saturated rings. The molecule has 0 unspecified atom stereocenters. The number of aryl methyl sites for hydroxylation is 1. The summed E-state index contributed by atoms with van der Waals surface area (Å²) in [6.45, 7) is 4.77. The van der Waals surface area contributed by atoms with Crippen LogP contribution in [0.2, 0.25) is 10.0 Å². The van der Waals surface area contributed by atoms with Crippen LogP contribution in [0.25, 0.3) is 6.08 Å². The van der Waals surface area contributed by atoms with Crippen molar-refractivity contribution in [2.45, 2.75) is 27.0 Å². The molecular formula is C27H24Cl2N2O4. The molecule has 180 valence electrons. The third kappa shape index (κ3) is 5.96. The van der Waals surface area contributed by atoms with Gasteiger partial charge in [-0.15, -0.1) is 0 Å². The zero-order valence-corrected chi connectivity index (χ0v) is 20.8. The molecule has 0 radical (unpaired) electrons. The number of rotatable bonds is 8. The number of amides is 3. The molecule has 0 saturated carbocycles. The van der Waals surface area contributed by atoms with Gasteiger partial charge < -0.3 is 14.8 Å². The third-order valence-electron chi connectivity index (χ3n) is 5.38. The van der Waals surface area contributed by atoms with Crippen LogP contribution in [0.5, 0.6) is 11.5 Å². The minimum absolute atomic E-state index is 0.202.